The fraction of sp³-hybridized carbons (Fsp3) is 0.214. The van der Waals surface area contributed by atoms with Crippen LogP contribution in [0.1, 0.15) is 17.3 Å². The molecule has 18 heavy (non-hydrogen) atoms. The van der Waals surface area contributed by atoms with E-state index in [1.165, 1.54) is 6.07 Å². The third-order valence-corrected chi connectivity index (χ3v) is 3.11. The standard InChI is InChI=1S/C14H14ClFN2/c1-17-14(13-4-2-3-7-18-13)9-10-5-6-12(16)11(15)8-10/h2-8,14,17H,9H2,1H3. The maximum atomic E-state index is 13.1. The van der Waals surface area contributed by atoms with Crippen molar-refractivity contribution in [3.8, 4) is 0 Å². The van der Waals surface area contributed by atoms with Gasteiger partial charge >= 0.3 is 0 Å². The van der Waals surface area contributed by atoms with Crippen LogP contribution in [0.15, 0.2) is 42.6 Å². The van der Waals surface area contributed by atoms with Gasteiger partial charge in [0.15, 0.2) is 0 Å². The zero-order valence-electron chi connectivity index (χ0n) is 10.0. The molecule has 2 aromatic rings. The molecule has 1 aromatic heterocycles. The number of rotatable bonds is 4. The van der Waals surface area contributed by atoms with Gasteiger partial charge in [0.1, 0.15) is 5.82 Å². The third kappa shape index (κ3) is 3.06. The van der Waals surface area contributed by atoms with Crippen LogP contribution >= 0.6 is 11.6 Å². The maximum absolute atomic E-state index is 13.1. The molecule has 1 unspecified atom stereocenters. The lowest BCUT2D eigenvalue weighted by atomic mass is 10.0. The molecule has 0 aliphatic heterocycles. The lowest BCUT2D eigenvalue weighted by Gasteiger charge is -2.15. The average Bonchev–Trinajstić information content (AvgIpc) is 2.41. The average molecular weight is 265 g/mol. The van der Waals surface area contributed by atoms with Gasteiger partial charge < -0.3 is 5.32 Å². The molecule has 94 valence electrons. The zero-order chi connectivity index (χ0) is 13.0. The second kappa shape index (κ2) is 5.94. The topological polar surface area (TPSA) is 24.9 Å². The van der Waals surface area contributed by atoms with Crippen molar-refractivity contribution in [3.63, 3.8) is 0 Å². The van der Waals surface area contributed by atoms with Crippen LogP contribution in [0, 0.1) is 5.82 Å². The molecule has 0 saturated heterocycles. The molecular formula is C14H14ClFN2. The smallest absolute Gasteiger partial charge is 0.141 e. The Morgan fingerprint density at radius 2 is 2.17 bits per heavy atom. The van der Waals surface area contributed by atoms with Gasteiger partial charge in [0.2, 0.25) is 0 Å². The van der Waals surface area contributed by atoms with Gasteiger partial charge in [-0.15, -0.1) is 0 Å². The minimum absolute atomic E-state index is 0.0905. The van der Waals surface area contributed by atoms with Gasteiger partial charge in [0.25, 0.3) is 0 Å². The van der Waals surface area contributed by atoms with E-state index in [1.807, 2.05) is 25.2 Å². The van der Waals surface area contributed by atoms with Gasteiger partial charge in [-0.1, -0.05) is 23.7 Å². The molecule has 1 heterocycles. The maximum Gasteiger partial charge on any atom is 0.141 e. The molecule has 2 rings (SSSR count). The molecule has 0 saturated carbocycles. The number of nitrogens with zero attached hydrogens (tertiary/aromatic N) is 1. The first-order chi connectivity index (χ1) is 8.70. The van der Waals surface area contributed by atoms with Crippen LogP contribution in [0.4, 0.5) is 4.39 Å². The first-order valence-corrected chi connectivity index (χ1v) is 6.10. The van der Waals surface area contributed by atoms with Crippen LogP contribution in [0.2, 0.25) is 5.02 Å². The molecule has 1 aromatic carbocycles. The number of halogens is 2. The number of aromatic nitrogens is 1. The summed E-state index contributed by atoms with van der Waals surface area (Å²) in [5.74, 6) is -0.390. The molecule has 0 radical (unpaired) electrons. The molecule has 0 amide bonds. The largest absolute Gasteiger partial charge is 0.311 e. The lowest BCUT2D eigenvalue weighted by Crippen LogP contribution is -2.19. The lowest BCUT2D eigenvalue weighted by molar-refractivity contribution is 0.574. The van der Waals surface area contributed by atoms with Crippen molar-refractivity contribution >= 4 is 11.6 Å². The minimum Gasteiger partial charge on any atom is -0.311 e. The van der Waals surface area contributed by atoms with E-state index in [-0.39, 0.29) is 16.9 Å². The van der Waals surface area contributed by atoms with Gasteiger partial charge in [0, 0.05) is 6.20 Å². The van der Waals surface area contributed by atoms with Crippen molar-refractivity contribution in [1.29, 1.82) is 0 Å². The zero-order valence-corrected chi connectivity index (χ0v) is 10.8. The van der Waals surface area contributed by atoms with Crippen LogP contribution in [0.5, 0.6) is 0 Å². The Labute approximate surface area is 111 Å². The fourth-order valence-electron chi connectivity index (χ4n) is 1.84. The van der Waals surface area contributed by atoms with E-state index in [4.69, 9.17) is 11.6 Å². The molecule has 1 atom stereocenters. The van der Waals surface area contributed by atoms with E-state index in [9.17, 15) is 4.39 Å². The molecule has 0 bridgehead atoms. The predicted molar refractivity (Wildman–Crippen MR) is 71.2 cm³/mol. The highest BCUT2D eigenvalue weighted by molar-refractivity contribution is 6.30. The highest BCUT2D eigenvalue weighted by Gasteiger charge is 2.12. The summed E-state index contributed by atoms with van der Waals surface area (Å²) in [5.41, 5.74) is 1.94. The number of nitrogens with one attached hydrogen (secondary N) is 1. The monoisotopic (exact) mass is 264 g/mol. The first-order valence-electron chi connectivity index (χ1n) is 5.73. The Kier molecular flexibility index (Phi) is 4.28. The SMILES string of the molecule is CNC(Cc1ccc(F)c(Cl)c1)c1ccccn1. The molecular weight excluding hydrogens is 251 g/mol. The summed E-state index contributed by atoms with van der Waals surface area (Å²) in [6.45, 7) is 0. The van der Waals surface area contributed by atoms with E-state index in [0.29, 0.717) is 6.42 Å². The number of hydrogen-bond acceptors (Lipinski definition) is 2. The first kappa shape index (κ1) is 13.0. The van der Waals surface area contributed by atoms with E-state index in [1.54, 1.807) is 18.3 Å². The van der Waals surface area contributed by atoms with Crippen molar-refractivity contribution in [3.05, 3.63) is 64.7 Å². The molecule has 0 fully saturated rings. The van der Waals surface area contributed by atoms with E-state index >= 15 is 0 Å². The van der Waals surface area contributed by atoms with Crippen LogP contribution in [0.25, 0.3) is 0 Å². The summed E-state index contributed by atoms with van der Waals surface area (Å²) in [7, 11) is 1.88. The van der Waals surface area contributed by atoms with Crippen molar-refractivity contribution in [2.75, 3.05) is 7.05 Å². The Bertz CT molecular complexity index is 516. The molecule has 0 spiro atoms. The fourth-order valence-corrected chi connectivity index (χ4v) is 2.04. The van der Waals surface area contributed by atoms with Crippen LogP contribution < -0.4 is 5.32 Å². The van der Waals surface area contributed by atoms with Crippen molar-refractivity contribution in [2.24, 2.45) is 0 Å². The number of likely N-dealkylation sites (N-methyl/N-ethyl adjacent to an activating group) is 1. The quantitative estimate of drug-likeness (QED) is 0.916. The van der Waals surface area contributed by atoms with Gasteiger partial charge in [-0.3, -0.25) is 4.98 Å². The Morgan fingerprint density at radius 1 is 1.33 bits per heavy atom. The number of pyridine rings is 1. The van der Waals surface area contributed by atoms with Crippen molar-refractivity contribution in [2.45, 2.75) is 12.5 Å². The second-order valence-corrected chi connectivity index (χ2v) is 4.46. The van der Waals surface area contributed by atoms with Gasteiger partial charge in [0.05, 0.1) is 16.8 Å². The summed E-state index contributed by atoms with van der Waals surface area (Å²) >= 11 is 5.78. The third-order valence-electron chi connectivity index (χ3n) is 2.82. The molecule has 2 nitrogen and oxygen atoms in total. The Balaban J connectivity index is 2.18. The van der Waals surface area contributed by atoms with Gasteiger partial charge in [-0.05, 0) is 43.3 Å². The second-order valence-electron chi connectivity index (χ2n) is 4.05. The number of hydrogen-bond donors (Lipinski definition) is 1. The van der Waals surface area contributed by atoms with E-state index in [0.717, 1.165) is 11.3 Å². The number of benzene rings is 1. The van der Waals surface area contributed by atoms with Crippen LogP contribution in [0.3, 0.4) is 0 Å². The molecule has 0 aliphatic rings. The highest BCUT2D eigenvalue weighted by Crippen LogP contribution is 2.20. The van der Waals surface area contributed by atoms with Crippen molar-refractivity contribution in [1.82, 2.24) is 10.3 Å². The molecule has 4 heteroatoms. The van der Waals surface area contributed by atoms with Gasteiger partial charge in [-0.2, -0.15) is 0 Å². The summed E-state index contributed by atoms with van der Waals surface area (Å²) < 4.78 is 13.1. The van der Waals surface area contributed by atoms with Crippen molar-refractivity contribution < 1.29 is 4.39 Å². The Morgan fingerprint density at radius 3 is 2.78 bits per heavy atom. The van der Waals surface area contributed by atoms with Crippen LogP contribution in [-0.2, 0) is 6.42 Å². The molecule has 0 aliphatic carbocycles. The summed E-state index contributed by atoms with van der Waals surface area (Å²) in [6.07, 6.45) is 2.48. The molecule has 1 N–H and O–H groups in total. The normalized spacial score (nSPS) is 12.4. The van der Waals surface area contributed by atoms with E-state index in [2.05, 4.69) is 10.3 Å². The minimum atomic E-state index is -0.390. The summed E-state index contributed by atoms with van der Waals surface area (Å²) in [6, 6.07) is 10.7. The predicted octanol–water partition coefficient (Wildman–Crippen LogP) is 3.38. The van der Waals surface area contributed by atoms with E-state index < -0.39 is 0 Å². The highest BCUT2D eigenvalue weighted by atomic mass is 35.5. The summed E-state index contributed by atoms with van der Waals surface area (Å²) in [4.78, 5) is 4.32. The summed E-state index contributed by atoms with van der Waals surface area (Å²) in [5, 5.41) is 3.36. The van der Waals surface area contributed by atoms with Gasteiger partial charge in [-0.25, -0.2) is 4.39 Å². The van der Waals surface area contributed by atoms with Crippen LogP contribution in [-0.4, -0.2) is 12.0 Å². The Hall–Kier alpha value is -1.45.